The standard InChI is InChI=1S/C18H18O/c1-2-3-7-14-19-18-12-10-17(11-13-18)15-16-8-5-4-6-9-16/h1,4-6,8-13H,3,7,14-15H2. The van der Waals surface area contributed by atoms with Gasteiger partial charge in [-0.3, -0.25) is 0 Å². The fraction of sp³-hybridized carbons (Fsp3) is 0.222. The maximum absolute atomic E-state index is 5.62. The van der Waals surface area contributed by atoms with Crippen LogP contribution in [0.25, 0.3) is 0 Å². The molecule has 19 heavy (non-hydrogen) atoms. The minimum absolute atomic E-state index is 0.683. The topological polar surface area (TPSA) is 9.23 Å². The van der Waals surface area contributed by atoms with Gasteiger partial charge in [-0.2, -0.15) is 0 Å². The molecular formula is C18H18O. The molecule has 2 rings (SSSR count). The molecule has 1 nitrogen and oxygen atoms in total. The first-order valence-corrected chi connectivity index (χ1v) is 6.57. The lowest BCUT2D eigenvalue weighted by Crippen LogP contribution is -1.96. The molecule has 96 valence electrons. The first kappa shape index (κ1) is 13.2. The Bertz CT molecular complexity index is 520. The zero-order valence-electron chi connectivity index (χ0n) is 11.0. The third-order valence-corrected chi connectivity index (χ3v) is 2.91. The van der Waals surface area contributed by atoms with Crippen LogP contribution in [-0.4, -0.2) is 6.61 Å². The first-order valence-electron chi connectivity index (χ1n) is 6.57. The number of hydrogen-bond donors (Lipinski definition) is 0. The monoisotopic (exact) mass is 250 g/mol. The van der Waals surface area contributed by atoms with Crippen molar-refractivity contribution in [1.82, 2.24) is 0 Å². The number of ether oxygens (including phenoxy) is 1. The summed E-state index contributed by atoms with van der Waals surface area (Å²) >= 11 is 0. The van der Waals surface area contributed by atoms with E-state index < -0.39 is 0 Å². The van der Waals surface area contributed by atoms with Crippen molar-refractivity contribution in [2.45, 2.75) is 19.3 Å². The summed E-state index contributed by atoms with van der Waals surface area (Å²) in [5.74, 6) is 3.52. The van der Waals surface area contributed by atoms with Crippen LogP contribution >= 0.6 is 0 Å². The lowest BCUT2D eigenvalue weighted by molar-refractivity contribution is 0.313. The molecule has 0 spiro atoms. The molecule has 0 atom stereocenters. The van der Waals surface area contributed by atoms with Crippen molar-refractivity contribution < 1.29 is 4.74 Å². The first-order chi connectivity index (χ1) is 9.38. The number of unbranched alkanes of at least 4 members (excludes halogenated alkanes) is 1. The van der Waals surface area contributed by atoms with Crippen molar-refractivity contribution in [3.63, 3.8) is 0 Å². The highest BCUT2D eigenvalue weighted by Crippen LogP contribution is 2.15. The van der Waals surface area contributed by atoms with Gasteiger partial charge in [0, 0.05) is 6.42 Å². The molecule has 0 aliphatic carbocycles. The lowest BCUT2D eigenvalue weighted by Gasteiger charge is -2.06. The van der Waals surface area contributed by atoms with Crippen molar-refractivity contribution in [2.75, 3.05) is 6.61 Å². The van der Waals surface area contributed by atoms with Gasteiger partial charge in [0.05, 0.1) is 6.61 Å². The van der Waals surface area contributed by atoms with Crippen LogP contribution in [0.5, 0.6) is 5.75 Å². The van der Waals surface area contributed by atoms with Gasteiger partial charge in [-0.15, -0.1) is 12.3 Å². The Morgan fingerprint density at radius 1 is 0.895 bits per heavy atom. The summed E-state index contributed by atoms with van der Waals surface area (Å²) in [6.07, 6.45) is 7.83. The molecule has 1 heteroatoms. The normalized spacial score (nSPS) is 9.84. The second kappa shape index (κ2) is 7.28. The summed E-state index contributed by atoms with van der Waals surface area (Å²) in [5.41, 5.74) is 2.62. The van der Waals surface area contributed by atoms with E-state index in [1.165, 1.54) is 11.1 Å². The summed E-state index contributed by atoms with van der Waals surface area (Å²) in [7, 11) is 0. The van der Waals surface area contributed by atoms with Crippen molar-refractivity contribution in [2.24, 2.45) is 0 Å². The summed E-state index contributed by atoms with van der Waals surface area (Å²) in [4.78, 5) is 0. The summed E-state index contributed by atoms with van der Waals surface area (Å²) in [5, 5.41) is 0. The van der Waals surface area contributed by atoms with Gasteiger partial charge in [0.15, 0.2) is 0 Å². The second-order valence-corrected chi connectivity index (χ2v) is 4.46. The fourth-order valence-electron chi connectivity index (χ4n) is 1.90. The van der Waals surface area contributed by atoms with E-state index in [1.54, 1.807) is 0 Å². The number of terminal acetylenes is 1. The molecule has 2 aromatic carbocycles. The predicted octanol–water partition coefficient (Wildman–Crippen LogP) is 4.07. The van der Waals surface area contributed by atoms with Gasteiger partial charge in [0.25, 0.3) is 0 Å². The van der Waals surface area contributed by atoms with Gasteiger partial charge in [0.2, 0.25) is 0 Å². The predicted molar refractivity (Wildman–Crippen MR) is 79.3 cm³/mol. The highest BCUT2D eigenvalue weighted by Gasteiger charge is 1.97. The van der Waals surface area contributed by atoms with Gasteiger partial charge < -0.3 is 4.74 Å². The minimum Gasteiger partial charge on any atom is -0.494 e. The van der Waals surface area contributed by atoms with Gasteiger partial charge in [-0.1, -0.05) is 42.5 Å². The van der Waals surface area contributed by atoms with Crippen LogP contribution < -0.4 is 4.74 Å². The zero-order chi connectivity index (χ0) is 13.3. The van der Waals surface area contributed by atoms with E-state index in [1.807, 2.05) is 18.2 Å². The Kier molecular flexibility index (Phi) is 5.07. The third-order valence-electron chi connectivity index (χ3n) is 2.91. The second-order valence-electron chi connectivity index (χ2n) is 4.46. The molecule has 0 radical (unpaired) electrons. The molecule has 0 saturated carbocycles. The molecule has 0 aliphatic rings. The van der Waals surface area contributed by atoms with Crippen molar-refractivity contribution >= 4 is 0 Å². The average Bonchev–Trinajstić information content (AvgIpc) is 2.46. The van der Waals surface area contributed by atoms with Crippen molar-refractivity contribution in [1.29, 1.82) is 0 Å². The molecule has 0 aromatic heterocycles. The lowest BCUT2D eigenvalue weighted by atomic mass is 10.1. The van der Waals surface area contributed by atoms with E-state index in [9.17, 15) is 0 Å². The Morgan fingerprint density at radius 3 is 2.26 bits per heavy atom. The van der Waals surface area contributed by atoms with E-state index in [-0.39, 0.29) is 0 Å². The molecule has 0 fully saturated rings. The molecule has 2 aromatic rings. The molecule has 0 N–H and O–H groups in total. The number of benzene rings is 2. The van der Waals surface area contributed by atoms with E-state index in [0.717, 1.165) is 25.0 Å². The van der Waals surface area contributed by atoms with Crippen molar-refractivity contribution in [3.05, 3.63) is 65.7 Å². The molecule has 0 unspecified atom stereocenters. The van der Waals surface area contributed by atoms with Crippen LogP contribution in [0.2, 0.25) is 0 Å². The number of rotatable bonds is 6. The van der Waals surface area contributed by atoms with E-state index in [2.05, 4.69) is 42.3 Å². The SMILES string of the molecule is C#CCCCOc1ccc(Cc2ccccc2)cc1. The minimum atomic E-state index is 0.683. The van der Waals surface area contributed by atoms with Crippen LogP contribution in [-0.2, 0) is 6.42 Å². The molecule has 0 bridgehead atoms. The molecular weight excluding hydrogens is 232 g/mol. The summed E-state index contributed by atoms with van der Waals surface area (Å²) in [6, 6.07) is 18.7. The van der Waals surface area contributed by atoms with Crippen molar-refractivity contribution in [3.8, 4) is 18.1 Å². The zero-order valence-corrected chi connectivity index (χ0v) is 11.0. The Balaban J connectivity index is 1.86. The molecule has 0 aliphatic heterocycles. The number of hydrogen-bond acceptors (Lipinski definition) is 1. The fourth-order valence-corrected chi connectivity index (χ4v) is 1.90. The molecule has 0 amide bonds. The average molecular weight is 250 g/mol. The Morgan fingerprint density at radius 2 is 1.58 bits per heavy atom. The van der Waals surface area contributed by atoms with Crippen LogP contribution in [0.15, 0.2) is 54.6 Å². The Labute approximate surface area is 115 Å². The van der Waals surface area contributed by atoms with Crippen LogP contribution in [0, 0.1) is 12.3 Å². The highest BCUT2D eigenvalue weighted by molar-refractivity contribution is 5.31. The largest absolute Gasteiger partial charge is 0.494 e. The molecule has 0 saturated heterocycles. The smallest absolute Gasteiger partial charge is 0.119 e. The van der Waals surface area contributed by atoms with Crippen LogP contribution in [0.3, 0.4) is 0 Å². The van der Waals surface area contributed by atoms with Gasteiger partial charge >= 0.3 is 0 Å². The van der Waals surface area contributed by atoms with Gasteiger partial charge in [-0.25, -0.2) is 0 Å². The third kappa shape index (κ3) is 4.52. The quantitative estimate of drug-likeness (QED) is 0.554. The maximum atomic E-state index is 5.62. The van der Waals surface area contributed by atoms with Crippen LogP contribution in [0.1, 0.15) is 24.0 Å². The van der Waals surface area contributed by atoms with Gasteiger partial charge in [-0.05, 0) is 36.1 Å². The van der Waals surface area contributed by atoms with Gasteiger partial charge in [0.1, 0.15) is 5.75 Å². The summed E-state index contributed by atoms with van der Waals surface area (Å²) in [6.45, 7) is 0.683. The highest BCUT2D eigenvalue weighted by atomic mass is 16.5. The van der Waals surface area contributed by atoms with E-state index >= 15 is 0 Å². The molecule has 0 heterocycles. The maximum Gasteiger partial charge on any atom is 0.119 e. The van der Waals surface area contributed by atoms with Crippen LogP contribution in [0.4, 0.5) is 0 Å². The van der Waals surface area contributed by atoms with E-state index in [4.69, 9.17) is 11.2 Å². The Hall–Kier alpha value is -2.20. The van der Waals surface area contributed by atoms with E-state index in [0.29, 0.717) is 6.61 Å². The summed E-state index contributed by atoms with van der Waals surface area (Å²) < 4.78 is 5.62.